The third kappa shape index (κ3) is 3.56. The number of hydrogen-bond acceptors (Lipinski definition) is 4. The lowest BCUT2D eigenvalue weighted by atomic mass is 9.99. The maximum Gasteiger partial charge on any atom is 0.407 e. The molecule has 3 N–H and O–H groups in total. The van der Waals surface area contributed by atoms with Gasteiger partial charge in [-0.3, -0.25) is 4.79 Å². The van der Waals surface area contributed by atoms with Crippen LogP contribution in [0.3, 0.4) is 0 Å². The molecule has 0 radical (unpaired) electrons. The second-order valence-electron chi connectivity index (χ2n) is 5.80. The molecule has 2 aliphatic rings. The van der Waals surface area contributed by atoms with Crippen LogP contribution in [0, 0.1) is 0 Å². The van der Waals surface area contributed by atoms with Crippen molar-refractivity contribution in [2.45, 2.75) is 18.9 Å². The standard InChI is InChI=1S/C16H21N3O4/c20-15-13-2-1-3-14(12(13)4-6-18-15)23-9-5-11-10-19(16(21)22)8-7-17-11/h1-3,11,17H,4-10H2,(H,18,20)(H,21,22)/t11-/m1/s1. The van der Waals surface area contributed by atoms with E-state index in [9.17, 15) is 9.59 Å². The molecule has 0 unspecified atom stereocenters. The number of carbonyl (C=O) groups is 2. The lowest BCUT2D eigenvalue weighted by molar-refractivity contribution is 0.0944. The van der Waals surface area contributed by atoms with Crippen molar-refractivity contribution in [3.63, 3.8) is 0 Å². The first-order valence-electron chi connectivity index (χ1n) is 7.89. The first-order valence-corrected chi connectivity index (χ1v) is 7.89. The molecule has 2 amide bonds. The minimum absolute atomic E-state index is 0.0530. The number of carboxylic acid groups (broad SMARTS) is 1. The normalized spacial score (nSPS) is 20.6. The minimum atomic E-state index is -0.874. The molecule has 23 heavy (non-hydrogen) atoms. The van der Waals surface area contributed by atoms with Crippen molar-refractivity contribution < 1.29 is 19.4 Å². The Morgan fingerprint density at radius 3 is 3.09 bits per heavy atom. The van der Waals surface area contributed by atoms with E-state index in [0.717, 1.165) is 24.2 Å². The zero-order valence-electron chi connectivity index (χ0n) is 12.9. The van der Waals surface area contributed by atoms with Crippen molar-refractivity contribution in [3.8, 4) is 5.75 Å². The Bertz CT molecular complexity index is 605. The van der Waals surface area contributed by atoms with Crippen LogP contribution in [0.25, 0.3) is 0 Å². The third-order valence-electron chi connectivity index (χ3n) is 4.29. The molecular formula is C16H21N3O4. The number of piperazine rings is 1. The Morgan fingerprint density at radius 2 is 2.26 bits per heavy atom. The molecule has 0 aliphatic carbocycles. The number of ether oxygens (including phenoxy) is 1. The van der Waals surface area contributed by atoms with E-state index in [0.29, 0.717) is 38.3 Å². The van der Waals surface area contributed by atoms with Crippen LogP contribution >= 0.6 is 0 Å². The lowest BCUT2D eigenvalue weighted by Crippen LogP contribution is -2.52. The molecule has 1 saturated heterocycles. The highest BCUT2D eigenvalue weighted by Gasteiger charge is 2.23. The summed E-state index contributed by atoms with van der Waals surface area (Å²) >= 11 is 0. The summed E-state index contributed by atoms with van der Waals surface area (Å²) in [5.41, 5.74) is 1.64. The number of benzene rings is 1. The van der Waals surface area contributed by atoms with E-state index in [1.807, 2.05) is 18.2 Å². The van der Waals surface area contributed by atoms with E-state index in [4.69, 9.17) is 9.84 Å². The smallest absolute Gasteiger partial charge is 0.407 e. The van der Waals surface area contributed by atoms with Crippen LogP contribution in [0.5, 0.6) is 5.75 Å². The van der Waals surface area contributed by atoms with Gasteiger partial charge in [-0.15, -0.1) is 0 Å². The van der Waals surface area contributed by atoms with Crippen molar-refractivity contribution in [3.05, 3.63) is 29.3 Å². The number of rotatable bonds is 4. The number of amides is 2. The van der Waals surface area contributed by atoms with Gasteiger partial charge in [-0.1, -0.05) is 6.07 Å². The second-order valence-corrected chi connectivity index (χ2v) is 5.80. The summed E-state index contributed by atoms with van der Waals surface area (Å²) < 4.78 is 5.87. The van der Waals surface area contributed by atoms with Crippen LogP contribution < -0.4 is 15.4 Å². The molecule has 2 heterocycles. The van der Waals surface area contributed by atoms with Gasteiger partial charge in [0.05, 0.1) is 6.61 Å². The molecule has 1 aromatic carbocycles. The highest BCUT2D eigenvalue weighted by Crippen LogP contribution is 2.25. The number of hydrogen-bond donors (Lipinski definition) is 3. The molecule has 0 saturated carbocycles. The summed E-state index contributed by atoms with van der Waals surface area (Å²) in [5.74, 6) is 0.700. The fourth-order valence-electron chi connectivity index (χ4n) is 3.07. The molecule has 0 spiro atoms. The molecular weight excluding hydrogens is 298 g/mol. The molecule has 124 valence electrons. The quantitative estimate of drug-likeness (QED) is 0.760. The van der Waals surface area contributed by atoms with Crippen LogP contribution in [0.4, 0.5) is 4.79 Å². The van der Waals surface area contributed by atoms with Crippen LogP contribution in [-0.2, 0) is 6.42 Å². The van der Waals surface area contributed by atoms with Crippen molar-refractivity contribution >= 4 is 12.0 Å². The monoisotopic (exact) mass is 319 g/mol. The first kappa shape index (κ1) is 15.6. The topological polar surface area (TPSA) is 90.9 Å². The fraction of sp³-hybridized carbons (Fsp3) is 0.500. The van der Waals surface area contributed by atoms with Gasteiger partial charge in [0.2, 0.25) is 0 Å². The molecule has 3 rings (SSSR count). The van der Waals surface area contributed by atoms with Crippen molar-refractivity contribution in [1.29, 1.82) is 0 Å². The predicted octanol–water partition coefficient (Wildman–Crippen LogP) is 0.693. The second kappa shape index (κ2) is 6.87. The molecule has 2 aliphatic heterocycles. The fourth-order valence-corrected chi connectivity index (χ4v) is 3.07. The third-order valence-corrected chi connectivity index (χ3v) is 4.29. The van der Waals surface area contributed by atoms with Gasteiger partial charge < -0.3 is 25.4 Å². The number of fused-ring (bicyclic) bond motifs is 1. The predicted molar refractivity (Wildman–Crippen MR) is 84.0 cm³/mol. The van der Waals surface area contributed by atoms with Crippen molar-refractivity contribution in [2.24, 2.45) is 0 Å². The highest BCUT2D eigenvalue weighted by atomic mass is 16.5. The van der Waals surface area contributed by atoms with E-state index in [-0.39, 0.29) is 11.9 Å². The van der Waals surface area contributed by atoms with E-state index in [1.54, 1.807) is 0 Å². The number of carbonyl (C=O) groups excluding carboxylic acids is 1. The van der Waals surface area contributed by atoms with E-state index in [1.165, 1.54) is 4.90 Å². The van der Waals surface area contributed by atoms with Gasteiger partial charge in [0.25, 0.3) is 5.91 Å². The Hall–Kier alpha value is -2.28. The molecule has 0 aromatic heterocycles. The summed E-state index contributed by atoms with van der Waals surface area (Å²) in [7, 11) is 0. The highest BCUT2D eigenvalue weighted by molar-refractivity contribution is 5.97. The maximum atomic E-state index is 11.8. The molecule has 1 fully saturated rings. The van der Waals surface area contributed by atoms with E-state index < -0.39 is 6.09 Å². The van der Waals surface area contributed by atoms with Crippen LogP contribution in [0.2, 0.25) is 0 Å². The van der Waals surface area contributed by atoms with Crippen molar-refractivity contribution in [1.82, 2.24) is 15.5 Å². The molecule has 1 aromatic rings. The molecule has 1 atom stereocenters. The number of nitrogens with zero attached hydrogens (tertiary/aromatic N) is 1. The number of nitrogens with one attached hydrogen (secondary N) is 2. The van der Waals surface area contributed by atoms with Gasteiger partial charge in [0.1, 0.15) is 5.75 Å². The average Bonchev–Trinajstić information content (AvgIpc) is 2.56. The summed E-state index contributed by atoms with van der Waals surface area (Å²) in [6.45, 7) is 2.78. The van der Waals surface area contributed by atoms with Gasteiger partial charge in [-0.05, 0) is 25.0 Å². The maximum absolute atomic E-state index is 11.8. The van der Waals surface area contributed by atoms with Gasteiger partial charge in [0, 0.05) is 43.3 Å². The van der Waals surface area contributed by atoms with Crippen LogP contribution in [0.15, 0.2) is 18.2 Å². The zero-order valence-corrected chi connectivity index (χ0v) is 12.9. The molecule has 7 heteroatoms. The van der Waals surface area contributed by atoms with Crippen LogP contribution in [0.1, 0.15) is 22.3 Å². The van der Waals surface area contributed by atoms with Crippen LogP contribution in [-0.4, -0.2) is 60.8 Å². The summed E-state index contributed by atoms with van der Waals surface area (Å²) in [6, 6.07) is 5.62. The Morgan fingerprint density at radius 1 is 1.39 bits per heavy atom. The SMILES string of the molecule is O=C1NCCc2c(OCC[C@@H]3CN(C(=O)O)CCN3)cccc21. The largest absolute Gasteiger partial charge is 0.493 e. The van der Waals surface area contributed by atoms with Crippen molar-refractivity contribution in [2.75, 3.05) is 32.8 Å². The lowest BCUT2D eigenvalue weighted by Gasteiger charge is -2.31. The van der Waals surface area contributed by atoms with E-state index >= 15 is 0 Å². The van der Waals surface area contributed by atoms with Gasteiger partial charge >= 0.3 is 6.09 Å². The summed E-state index contributed by atoms with van der Waals surface area (Å²) in [6.07, 6.45) is 0.617. The summed E-state index contributed by atoms with van der Waals surface area (Å²) in [4.78, 5) is 24.3. The zero-order chi connectivity index (χ0) is 16.2. The Kier molecular flexibility index (Phi) is 4.66. The first-order chi connectivity index (χ1) is 11.1. The molecule has 7 nitrogen and oxygen atoms in total. The Labute approximate surface area is 134 Å². The minimum Gasteiger partial charge on any atom is -0.493 e. The summed E-state index contributed by atoms with van der Waals surface area (Å²) in [5, 5.41) is 15.2. The van der Waals surface area contributed by atoms with Gasteiger partial charge in [-0.2, -0.15) is 0 Å². The Balaban J connectivity index is 1.56. The molecule has 0 bridgehead atoms. The van der Waals surface area contributed by atoms with Gasteiger partial charge in [-0.25, -0.2) is 4.79 Å². The average molecular weight is 319 g/mol. The van der Waals surface area contributed by atoms with E-state index in [2.05, 4.69) is 10.6 Å². The van der Waals surface area contributed by atoms with Gasteiger partial charge in [0.15, 0.2) is 0 Å².